The molecule has 1 unspecified atom stereocenters. The van der Waals surface area contributed by atoms with Crippen LogP contribution in [-0.4, -0.2) is 7.11 Å². The molecular formula is C19H23NO. The molecule has 2 nitrogen and oxygen atoms in total. The van der Waals surface area contributed by atoms with E-state index in [9.17, 15) is 0 Å². The van der Waals surface area contributed by atoms with Gasteiger partial charge in [0.05, 0.1) is 6.61 Å². The van der Waals surface area contributed by atoms with Crippen LogP contribution in [0.2, 0.25) is 0 Å². The maximum absolute atomic E-state index is 5.15. The fraction of sp³-hybridized carbons (Fsp3) is 0.368. The minimum Gasteiger partial charge on any atom is -0.380 e. The third-order valence-electron chi connectivity index (χ3n) is 4.26. The van der Waals surface area contributed by atoms with E-state index in [0.29, 0.717) is 12.6 Å². The van der Waals surface area contributed by atoms with Gasteiger partial charge in [-0.2, -0.15) is 0 Å². The number of hydrogen-bond donors (Lipinski definition) is 1. The third-order valence-corrected chi connectivity index (χ3v) is 4.26. The number of benzene rings is 2. The van der Waals surface area contributed by atoms with Crippen LogP contribution in [0.3, 0.4) is 0 Å². The molecule has 2 aromatic rings. The molecule has 0 spiro atoms. The first-order valence-electron chi connectivity index (χ1n) is 7.75. The molecule has 2 aromatic carbocycles. The van der Waals surface area contributed by atoms with E-state index in [0.717, 1.165) is 6.54 Å². The van der Waals surface area contributed by atoms with Crippen LogP contribution < -0.4 is 5.32 Å². The largest absolute Gasteiger partial charge is 0.380 e. The Bertz CT molecular complexity index is 576. The van der Waals surface area contributed by atoms with Crippen LogP contribution in [0, 0.1) is 0 Å². The number of rotatable bonds is 5. The van der Waals surface area contributed by atoms with Gasteiger partial charge in [0.2, 0.25) is 0 Å². The summed E-state index contributed by atoms with van der Waals surface area (Å²) >= 11 is 0. The number of fused-ring (bicyclic) bond motifs is 1. The maximum atomic E-state index is 5.15. The number of aryl methyl sites for hydroxylation is 1. The third kappa shape index (κ3) is 3.52. The predicted octanol–water partition coefficient (Wildman–Crippen LogP) is 4.00. The zero-order valence-electron chi connectivity index (χ0n) is 12.6. The lowest BCUT2D eigenvalue weighted by Gasteiger charge is -2.26. The van der Waals surface area contributed by atoms with E-state index in [1.807, 2.05) is 0 Å². The molecule has 1 aliphatic rings. The second-order valence-corrected chi connectivity index (χ2v) is 5.77. The molecule has 0 amide bonds. The van der Waals surface area contributed by atoms with Crippen molar-refractivity contribution in [1.29, 1.82) is 0 Å². The second kappa shape index (κ2) is 6.88. The summed E-state index contributed by atoms with van der Waals surface area (Å²) in [5, 5.41) is 3.71. The smallest absolute Gasteiger partial charge is 0.0713 e. The molecule has 0 saturated carbocycles. The van der Waals surface area contributed by atoms with Gasteiger partial charge in [0.1, 0.15) is 0 Å². The minimum atomic E-state index is 0.494. The van der Waals surface area contributed by atoms with Crippen molar-refractivity contribution < 1.29 is 4.74 Å². The van der Waals surface area contributed by atoms with Crippen molar-refractivity contribution in [3.63, 3.8) is 0 Å². The van der Waals surface area contributed by atoms with Crippen LogP contribution in [0.4, 0.5) is 0 Å². The summed E-state index contributed by atoms with van der Waals surface area (Å²) in [6.45, 7) is 1.61. The Morgan fingerprint density at radius 3 is 2.62 bits per heavy atom. The molecule has 21 heavy (non-hydrogen) atoms. The zero-order valence-corrected chi connectivity index (χ0v) is 12.6. The van der Waals surface area contributed by atoms with Gasteiger partial charge in [0, 0.05) is 19.7 Å². The first-order valence-corrected chi connectivity index (χ1v) is 7.75. The quantitative estimate of drug-likeness (QED) is 0.894. The Hall–Kier alpha value is -1.64. The van der Waals surface area contributed by atoms with Crippen LogP contribution >= 0.6 is 0 Å². The summed E-state index contributed by atoms with van der Waals surface area (Å²) in [5.74, 6) is 0. The van der Waals surface area contributed by atoms with E-state index < -0.39 is 0 Å². The first-order chi connectivity index (χ1) is 10.4. The van der Waals surface area contributed by atoms with Gasteiger partial charge in [0.15, 0.2) is 0 Å². The lowest BCUT2D eigenvalue weighted by molar-refractivity contribution is 0.185. The molecule has 0 radical (unpaired) electrons. The summed E-state index contributed by atoms with van der Waals surface area (Å²) in [4.78, 5) is 0. The van der Waals surface area contributed by atoms with Gasteiger partial charge >= 0.3 is 0 Å². The van der Waals surface area contributed by atoms with E-state index in [4.69, 9.17) is 4.74 Å². The summed E-state index contributed by atoms with van der Waals surface area (Å²) in [5.41, 5.74) is 5.55. The summed E-state index contributed by atoms with van der Waals surface area (Å²) in [6, 6.07) is 18.0. The number of hydrogen-bond acceptors (Lipinski definition) is 2. The average molecular weight is 281 g/mol. The van der Waals surface area contributed by atoms with Crippen molar-refractivity contribution in [3.8, 4) is 0 Å². The number of methoxy groups -OCH3 is 1. The van der Waals surface area contributed by atoms with Crippen LogP contribution in [-0.2, 0) is 24.3 Å². The second-order valence-electron chi connectivity index (χ2n) is 5.77. The van der Waals surface area contributed by atoms with E-state index >= 15 is 0 Å². The van der Waals surface area contributed by atoms with Gasteiger partial charge in [-0.25, -0.2) is 0 Å². The van der Waals surface area contributed by atoms with Gasteiger partial charge in [-0.15, -0.1) is 0 Å². The average Bonchev–Trinajstić information content (AvgIpc) is 2.54. The van der Waals surface area contributed by atoms with E-state index in [2.05, 4.69) is 53.8 Å². The number of ether oxygens (including phenoxy) is 1. The SMILES string of the molecule is COCc1ccc(CNC2CCCc3ccccc32)cc1. The Kier molecular flexibility index (Phi) is 4.69. The Morgan fingerprint density at radius 2 is 1.81 bits per heavy atom. The summed E-state index contributed by atoms with van der Waals surface area (Å²) in [6.07, 6.45) is 3.74. The maximum Gasteiger partial charge on any atom is 0.0713 e. The molecule has 2 heteroatoms. The lowest BCUT2D eigenvalue weighted by atomic mass is 9.87. The highest BCUT2D eigenvalue weighted by atomic mass is 16.5. The predicted molar refractivity (Wildman–Crippen MR) is 86.1 cm³/mol. The zero-order chi connectivity index (χ0) is 14.5. The molecule has 1 N–H and O–H groups in total. The van der Waals surface area contributed by atoms with Crippen molar-refractivity contribution >= 4 is 0 Å². The highest BCUT2D eigenvalue weighted by Gasteiger charge is 2.18. The Balaban J connectivity index is 1.63. The standard InChI is InChI=1S/C19H23NO/c1-21-14-16-11-9-15(10-12-16)13-20-19-8-4-6-17-5-2-3-7-18(17)19/h2-3,5,7,9-12,19-20H,4,6,8,13-14H2,1H3. The van der Waals surface area contributed by atoms with E-state index in [1.165, 1.54) is 41.5 Å². The fourth-order valence-corrected chi connectivity index (χ4v) is 3.13. The Labute approximate surface area is 127 Å². The van der Waals surface area contributed by atoms with Crippen molar-refractivity contribution in [1.82, 2.24) is 5.32 Å². The highest BCUT2D eigenvalue weighted by Crippen LogP contribution is 2.29. The van der Waals surface area contributed by atoms with E-state index in [1.54, 1.807) is 7.11 Å². The van der Waals surface area contributed by atoms with Gasteiger partial charge in [-0.3, -0.25) is 0 Å². The monoisotopic (exact) mass is 281 g/mol. The van der Waals surface area contributed by atoms with Crippen molar-refractivity contribution in [2.75, 3.05) is 7.11 Å². The van der Waals surface area contributed by atoms with Crippen molar-refractivity contribution in [2.24, 2.45) is 0 Å². The molecular weight excluding hydrogens is 258 g/mol. The highest BCUT2D eigenvalue weighted by molar-refractivity contribution is 5.32. The number of nitrogens with one attached hydrogen (secondary N) is 1. The summed E-state index contributed by atoms with van der Waals surface area (Å²) < 4.78 is 5.15. The molecule has 0 aliphatic heterocycles. The summed E-state index contributed by atoms with van der Waals surface area (Å²) in [7, 11) is 1.73. The first kappa shape index (κ1) is 14.3. The molecule has 0 bridgehead atoms. The van der Waals surface area contributed by atoms with Crippen molar-refractivity contribution in [3.05, 3.63) is 70.8 Å². The molecule has 0 aromatic heterocycles. The van der Waals surface area contributed by atoms with Gasteiger partial charge in [-0.05, 0) is 41.5 Å². The fourth-order valence-electron chi connectivity index (χ4n) is 3.13. The molecule has 0 saturated heterocycles. The molecule has 3 rings (SSSR count). The molecule has 1 aliphatic carbocycles. The van der Waals surface area contributed by atoms with Gasteiger partial charge < -0.3 is 10.1 Å². The van der Waals surface area contributed by atoms with Crippen LogP contribution in [0.5, 0.6) is 0 Å². The van der Waals surface area contributed by atoms with Crippen LogP contribution in [0.25, 0.3) is 0 Å². The van der Waals surface area contributed by atoms with Crippen LogP contribution in [0.15, 0.2) is 48.5 Å². The van der Waals surface area contributed by atoms with E-state index in [-0.39, 0.29) is 0 Å². The normalized spacial score (nSPS) is 17.5. The Morgan fingerprint density at radius 1 is 1.05 bits per heavy atom. The van der Waals surface area contributed by atoms with Crippen molar-refractivity contribution in [2.45, 2.75) is 38.5 Å². The molecule has 110 valence electrons. The lowest BCUT2D eigenvalue weighted by Crippen LogP contribution is -2.24. The van der Waals surface area contributed by atoms with Crippen LogP contribution in [0.1, 0.15) is 41.1 Å². The van der Waals surface area contributed by atoms with Gasteiger partial charge in [0.25, 0.3) is 0 Å². The molecule has 0 heterocycles. The van der Waals surface area contributed by atoms with Gasteiger partial charge in [-0.1, -0.05) is 48.5 Å². The minimum absolute atomic E-state index is 0.494. The molecule has 1 atom stereocenters. The molecule has 0 fully saturated rings. The topological polar surface area (TPSA) is 21.3 Å².